The van der Waals surface area contributed by atoms with Gasteiger partial charge in [0.15, 0.2) is 5.17 Å². The fourth-order valence-corrected chi connectivity index (χ4v) is 8.16. The summed E-state index contributed by atoms with van der Waals surface area (Å²) in [6, 6.07) is 22.9. The number of thioether (sulfide) groups is 1. The van der Waals surface area contributed by atoms with Gasteiger partial charge in [-0.2, -0.15) is 0 Å². The number of benzene rings is 3. The molecule has 0 aliphatic carbocycles. The Balaban J connectivity index is 0.912. The number of aromatic nitrogens is 2. The molecule has 49 heavy (non-hydrogen) atoms. The fraction of sp³-hybridized carbons (Fsp3) is 0.405. The van der Waals surface area contributed by atoms with Crippen molar-refractivity contribution >= 4 is 57.2 Å². The monoisotopic (exact) mass is 720 g/mol. The summed E-state index contributed by atoms with van der Waals surface area (Å²) in [7, 11) is 0. The maximum absolute atomic E-state index is 6.61. The van der Waals surface area contributed by atoms with Crippen molar-refractivity contribution < 1.29 is 14.2 Å². The van der Waals surface area contributed by atoms with Gasteiger partial charge in [0.2, 0.25) is 5.79 Å². The van der Waals surface area contributed by atoms with Crippen LogP contribution in [0.5, 0.6) is 5.75 Å². The van der Waals surface area contributed by atoms with Gasteiger partial charge in [-0.15, -0.1) is 0 Å². The quantitative estimate of drug-likeness (QED) is 0.156. The van der Waals surface area contributed by atoms with Gasteiger partial charge in [0, 0.05) is 78.9 Å². The molecule has 9 nitrogen and oxygen atoms in total. The molecule has 4 aromatic rings. The van der Waals surface area contributed by atoms with Gasteiger partial charge < -0.3 is 33.5 Å². The molecule has 0 radical (unpaired) electrons. The predicted molar refractivity (Wildman–Crippen MR) is 200 cm³/mol. The third kappa shape index (κ3) is 7.84. The van der Waals surface area contributed by atoms with Crippen LogP contribution in [0.25, 0.3) is 0 Å². The van der Waals surface area contributed by atoms with Crippen LogP contribution in [-0.2, 0) is 21.8 Å². The average Bonchev–Trinajstić information content (AvgIpc) is 3.90. The molecule has 0 amide bonds. The van der Waals surface area contributed by atoms with E-state index in [-0.39, 0.29) is 6.10 Å². The first-order valence-corrected chi connectivity index (χ1v) is 18.7. The van der Waals surface area contributed by atoms with Crippen LogP contribution in [0.3, 0.4) is 0 Å². The van der Waals surface area contributed by atoms with Crippen LogP contribution >= 0.6 is 35.0 Å². The Labute approximate surface area is 302 Å². The highest BCUT2D eigenvalue weighted by atomic mass is 35.5. The number of hydrogen-bond acceptors (Lipinski definition) is 8. The molecule has 3 aliphatic heterocycles. The molecule has 3 fully saturated rings. The Morgan fingerprint density at radius 2 is 1.69 bits per heavy atom. The lowest BCUT2D eigenvalue weighted by molar-refractivity contribution is -0.189. The van der Waals surface area contributed by atoms with Crippen molar-refractivity contribution in [3.63, 3.8) is 0 Å². The summed E-state index contributed by atoms with van der Waals surface area (Å²) in [6.45, 7) is 10.5. The van der Waals surface area contributed by atoms with Gasteiger partial charge in [0.25, 0.3) is 0 Å². The molecule has 3 aromatic carbocycles. The zero-order chi connectivity index (χ0) is 33.8. The maximum atomic E-state index is 6.61. The number of ether oxygens (including phenoxy) is 3. The maximum Gasteiger partial charge on any atom is 0.215 e. The Kier molecular flexibility index (Phi) is 10.6. The van der Waals surface area contributed by atoms with Gasteiger partial charge in [0.05, 0.1) is 30.2 Å². The van der Waals surface area contributed by atoms with E-state index >= 15 is 0 Å². The van der Waals surface area contributed by atoms with Gasteiger partial charge in [-0.1, -0.05) is 48.0 Å². The SMILES string of the molecule is CCC(C)N1CCS/C1=N/c1ccc(N2CCN(c3ccc(OCC4COC(Cn5ccnc5)(c5ccc(Cl)cc5Cl)O4)cc3)CC2)cc1. The third-order valence-corrected chi connectivity index (χ3v) is 11.0. The minimum Gasteiger partial charge on any atom is -0.491 e. The van der Waals surface area contributed by atoms with E-state index < -0.39 is 5.79 Å². The van der Waals surface area contributed by atoms with E-state index in [0.717, 1.165) is 67.1 Å². The molecular formula is C37H42Cl2N6O3S. The molecule has 0 N–H and O–H groups in total. The first kappa shape index (κ1) is 34.1. The predicted octanol–water partition coefficient (Wildman–Crippen LogP) is 7.70. The summed E-state index contributed by atoms with van der Waals surface area (Å²) in [5, 5.41) is 2.19. The highest BCUT2D eigenvalue weighted by Crippen LogP contribution is 2.41. The fourth-order valence-electron chi connectivity index (χ4n) is 6.53. The van der Waals surface area contributed by atoms with E-state index in [4.69, 9.17) is 42.4 Å². The molecule has 7 rings (SSSR count). The molecular weight excluding hydrogens is 679 g/mol. The normalized spacial score (nSPS) is 22.7. The Morgan fingerprint density at radius 3 is 2.35 bits per heavy atom. The smallest absolute Gasteiger partial charge is 0.215 e. The number of aliphatic imine (C=N–C) groups is 1. The van der Waals surface area contributed by atoms with Crippen molar-refractivity contribution in [1.29, 1.82) is 0 Å². The number of imidazole rings is 1. The van der Waals surface area contributed by atoms with Crippen LogP contribution in [0, 0.1) is 0 Å². The number of anilines is 2. The minimum atomic E-state index is -1.08. The first-order chi connectivity index (χ1) is 23.9. The van der Waals surface area contributed by atoms with E-state index in [0.29, 0.717) is 35.8 Å². The van der Waals surface area contributed by atoms with Gasteiger partial charge >= 0.3 is 0 Å². The van der Waals surface area contributed by atoms with E-state index in [1.54, 1.807) is 24.7 Å². The second kappa shape index (κ2) is 15.2. The van der Waals surface area contributed by atoms with Crippen molar-refractivity contribution in [3.8, 4) is 5.75 Å². The lowest BCUT2D eigenvalue weighted by Crippen LogP contribution is -2.46. The molecule has 0 bridgehead atoms. The largest absolute Gasteiger partial charge is 0.491 e. The molecule has 4 heterocycles. The van der Waals surface area contributed by atoms with E-state index in [9.17, 15) is 0 Å². The first-order valence-electron chi connectivity index (χ1n) is 16.9. The summed E-state index contributed by atoms with van der Waals surface area (Å²) < 4.78 is 20.9. The van der Waals surface area contributed by atoms with Crippen LogP contribution in [0.2, 0.25) is 10.0 Å². The van der Waals surface area contributed by atoms with Crippen LogP contribution in [0.4, 0.5) is 17.1 Å². The lowest BCUT2D eigenvalue weighted by atomic mass is 10.1. The second-order valence-corrected chi connectivity index (χ2v) is 14.6. The average molecular weight is 722 g/mol. The van der Waals surface area contributed by atoms with Gasteiger partial charge in [-0.25, -0.2) is 9.98 Å². The molecule has 3 unspecified atom stereocenters. The van der Waals surface area contributed by atoms with E-state index in [2.05, 4.69) is 69.9 Å². The van der Waals surface area contributed by atoms with E-state index in [1.165, 1.54) is 11.4 Å². The van der Waals surface area contributed by atoms with Gasteiger partial charge in [-0.05, 0) is 74.0 Å². The van der Waals surface area contributed by atoms with Gasteiger partial charge in [-0.3, -0.25) is 0 Å². The highest BCUT2D eigenvalue weighted by Gasteiger charge is 2.45. The number of hydrogen-bond donors (Lipinski definition) is 0. The van der Waals surface area contributed by atoms with Crippen LogP contribution in [0.15, 0.2) is 90.4 Å². The van der Waals surface area contributed by atoms with Crippen LogP contribution in [-0.4, -0.2) is 83.5 Å². The Hall–Kier alpha value is -3.41. The zero-order valence-electron chi connectivity index (χ0n) is 27.9. The summed E-state index contributed by atoms with van der Waals surface area (Å²) in [6.07, 6.45) is 6.17. The molecule has 3 saturated heterocycles. The number of piperazine rings is 1. The highest BCUT2D eigenvalue weighted by molar-refractivity contribution is 8.14. The lowest BCUT2D eigenvalue weighted by Gasteiger charge is -2.37. The molecule has 3 aliphatic rings. The molecule has 12 heteroatoms. The second-order valence-electron chi connectivity index (χ2n) is 12.7. The summed E-state index contributed by atoms with van der Waals surface area (Å²) >= 11 is 14.7. The summed E-state index contributed by atoms with van der Waals surface area (Å²) in [5.41, 5.74) is 4.18. The molecule has 3 atom stereocenters. The molecule has 0 spiro atoms. The Morgan fingerprint density at radius 1 is 0.980 bits per heavy atom. The Bertz CT molecular complexity index is 1720. The zero-order valence-corrected chi connectivity index (χ0v) is 30.2. The standard InChI is InChI=1S/C37H42Cl2N6O3S/c1-3-27(2)45-20-21-49-36(45)41-29-5-7-30(8-6-29)43-16-18-44(19-17-43)31-9-11-32(12-10-31)46-23-33-24-47-37(48-33,25-42-15-14-40-26-42)34-13-4-28(38)22-35(34)39/h4-15,22,26-27,33H,3,16-21,23-25H2,1-2H3/b41-36+. The molecule has 0 saturated carbocycles. The van der Waals surface area contributed by atoms with Crippen molar-refractivity contribution in [1.82, 2.24) is 14.5 Å². The third-order valence-electron chi connectivity index (χ3n) is 9.44. The summed E-state index contributed by atoms with van der Waals surface area (Å²) in [5.74, 6) is 0.820. The van der Waals surface area contributed by atoms with Crippen LogP contribution < -0.4 is 14.5 Å². The van der Waals surface area contributed by atoms with Gasteiger partial charge in [0.1, 0.15) is 18.5 Å². The number of amidine groups is 1. The topological polar surface area (TPSA) is 67.6 Å². The summed E-state index contributed by atoms with van der Waals surface area (Å²) in [4.78, 5) is 16.5. The number of rotatable bonds is 11. The van der Waals surface area contributed by atoms with E-state index in [1.807, 2.05) is 40.7 Å². The van der Waals surface area contributed by atoms with Crippen molar-refractivity contribution in [2.24, 2.45) is 4.99 Å². The molecule has 258 valence electrons. The number of nitrogens with zero attached hydrogens (tertiary/aromatic N) is 6. The minimum absolute atomic E-state index is 0.287. The van der Waals surface area contributed by atoms with Crippen LogP contribution in [0.1, 0.15) is 25.8 Å². The van der Waals surface area contributed by atoms with Crippen molar-refractivity contribution in [3.05, 3.63) is 101 Å². The number of halogens is 2. The van der Waals surface area contributed by atoms with Crippen molar-refractivity contribution in [2.75, 3.05) is 61.5 Å². The van der Waals surface area contributed by atoms with Crippen molar-refractivity contribution in [2.45, 2.75) is 44.7 Å². The molecule has 1 aromatic heterocycles.